The summed E-state index contributed by atoms with van der Waals surface area (Å²) in [6.45, 7) is 6.98. The van der Waals surface area contributed by atoms with Crippen LogP contribution in [0.4, 0.5) is 4.79 Å². The van der Waals surface area contributed by atoms with Crippen LogP contribution in [0.25, 0.3) is 0 Å². The second-order valence-corrected chi connectivity index (χ2v) is 9.60. The smallest absolute Gasteiger partial charge is 0.408 e. The Labute approximate surface area is 190 Å². The summed E-state index contributed by atoms with van der Waals surface area (Å²) in [5.74, 6) is -1.75. The monoisotopic (exact) mass is 461 g/mol. The number of fused-ring (bicyclic) bond motifs is 1. The molecular weight excluding hydrogens is 434 g/mol. The number of hydrogen-bond donors (Lipinski definition) is 3. The van der Waals surface area contributed by atoms with E-state index in [0.717, 1.165) is 0 Å². The molecule has 1 saturated heterocycles. The standard InChI is InChI=1S/C22H27N3O6S/c1-5-12-11-32-19-15(18(27)25(19)16(12)20(28)29)23-17(26)14(13-9-7-6-8-10-13)24-21(30)31-22(2,3)4/h6-10,14-15,19H,5,11H2,1-4H3,(H,23,26)(H,24,30)(H,28,29)/t14?,15?,19-/m0/s1. The molecule has 2 aliphatic heterocycles. The maximum absolute atomic E-state index is 13.1. The lowest BCUT2D eigenvalue weighted by Gasteiger charge is -2.49. The van der Waals surface area contributed by atoms with E-state index in [0.29, 0.717) is 23.3 Å². The first kappa shape index (κ1) is 23.6. The van der Waals surface area contributed by atoms with E-state index in [1.165, 1.54) is 16.7 Å². The van der Waals surface area contributed by atoms with E-state index in [1.807, 2.05) is 6.92 Å². The quantitative estimate of drug-likeness (QED) is 0.556. The van der Waals surface area contributed by atoms with Crippen LogP contribution in [0, 0.1) is 0 Å². The van der Waals surface area contributed by atoms with Crippen LogP contribution in [0.3, 0.4) is 0 Å². The van der Waals surface area contributed by atoms with E-state index < -0.39 is 46.9 Å². The number of alkyl carbamates (subject to hydrolysis) is 1. The zero-order valence-electron chi connectivity index (χ0n) is 18.4. The first-order valence-corrected chi connectivity index (χ1v) is 11.3. The van der Waals surface area contributed by atoms with Crippen molar-refractivity contribution < 1.29 is 29.0 Å². The molecule has 1 aromatic carbocycles. The number of benzene rings is 1. The molecule has 3 N–H and O–H groups in total. The van der Waals surface area contributed by atoms with Crippen LogP contribution in [0.5, 0.6) is 0 Å². The maximum atomic E-state index is 13.1. The van der Waals surface area contributed by atoms with Gasteiger partial charge in [-0.05, 0) is 38.3 Å². The SMILES string of the molecule is CCC1=C(C(=O)O)N2C(=O)C(NC(=O)C(NC(=O)OC(C)(C)C)c3ccccc3)[C@@H]2SC1. The van der Waals surface area contributed by atoms with Crippen LogP contribution in [0.15, 0.2) is 41.6 Å². The summed E-state index contributed by atoms with van der Waals surface area (Å²) in [5, 5.41) is 14.3. The molecule has 0 spiro atoms. The van der Waals surface area contributed by atoms with Crippen LogP contribution in [-0.2, 0) is 19.1 Å². The van der Waals surface area contributed by atoms with Crippen LogP contribution >= 0.6 is 11.8 Å². The highest BCUT2D eigenvalue weighted by Gasteiger charge is 2.54. The lowest BCUT2D eigenvalue weighted by atomic mass is 10.0. The molecule has 3 rings (SSSR count). The van der Waals surface area contributed by atoms with Crippen molar-refractivity contribution in [1.82, 2.24) is 15.5 Å². The van der Waals surface area contributed by atoms with Crippen LogP contribution in [-0.4, -0.2) is 56.7 Å². The van der Waals surface area contributed by atoms with Gasteiger partial charge in [-0.3, -0.25) is 14.5 Å². The molecule has 2 unspecified atom stereocenters. The largest absolute Gasteiger partial charge is 0.477 e. The van der Waals surface area contributed by atoms with Gasteiger partial charge in [0, 0.05) is 5.75 Å². The highest BCUT2D eigenvalue weighted by atomic mass is 32.2. The first-order chi connectivity index (χ1) is 15.0. The molecule has 9 nitrogen and oxygen atoms in total. The fraction of sp³-hybridized carbons (Fsp3) is 0.455. The molecule has 0 aromatic heterocycles. The van der Waals surface area contributed by atoms with Gasteiger partial charge in [-0.2, -0.15) is 0 Å². The summed E-state index contributed by atoms with van der Waals surface area (Å²) in [6.07, 6.45) is -0.239. The van der Waals surface area contributed by atoms with Gasteiger partial charge in [-0.15, -0.1) is 11.8 Å². The fourth-order valence-corrected chi connectivity index (χ4v) is 5.01. The zero-order chi connectivity index (χ0) is 23.6. The van der Waals surface area contributed by atoms with Gasteiger partial charge in [0.25, 0.3) is 5.91 Å². The van der Waals surface area contributed by atoms with Crippen LogP contribution in [0.1, 0.15) is 45.7 Å². The van der Waals surface area contributed by atoms with Crippen LogP contribution in [0.2, 0.25) is 0 Å². The summed E-state index contributed by atoms with van der Waals surface area (Å²) in [4.78, 5) is 51.2. The van der Waals surface area contributed by atoms with Crippen molar-refractivity contribution in [1.29, 1.82) is 0 Å². The van der Waals surface area contributed by atoms with Crippen LogP contribution < -0.4 is 10.6 Å². The van der Waals surface area contributed by atoms with Gasteiger partial charge in [0.15, 0.2) is 0 Å². The highest BCUT2D eigenvalue weighted by Crippen LogP contribution is 2.41. The third-order valence-corrected chi connectivity index (χ3v) is 6.37. The summed E-state index contributed by atoms with van der Waals surface area (Å²) in [7, 11) is 0. The minimum atomic E-state index is -1.15. The van der Waals surface area contributed by atoms with Crippen molar-refractivity contribution >= 4 is 35.6 Å². The van der Waals surface area contributed by atoms with Gasteiger partial charge in [0.1, 0.15) is 28.8 Å². The van der Waals surface area contributed by atoms with Gasteiger partial charge < -0.3 is 20.5 Å². The van der Waals surface area contributed by atoms with Crippen molar-refractivity contribution in [3.63, 3.8) is 0 Å². The Balaban J connectivity index is 1.77. The maximum Gasteiger partial charge on any atom is 0.408 e. The average molecular weight is 462 g/mol. The molecular formula is C22H27N3O6S. The molecule has 2 aliphatic rings. The first-order valence-electron chi connectivity index (χ1n) is 10.3. The number of aliphatic carboxylic acids is 1. The molecule has 0 bridgehead atoms. The van der Waals surface area contributed by atoms with Crippen molar-refractivity contribution in [2.24, 2.45) is 0 Å². The summed E-state index contributed by atoms with van der Waals surface area (Å²) < 4.78 is 5.28. The molecule has 3 atom stereocenters. The van der Waals surface area contributed by atoms with Gasteiger partial charge >= 0.3 is 12.1 Å². The summed E-state index contributed by atoms with van der Waals surface area (Å²) in [6, 6.07) is 6.65. The van der Waals surface area contributed by atoms with Gasteiger partial charge in [0.05, 0.1) is 0 Å². The van der Waals surface area contributed by atoms with Gasteiger partial charge in [0.2, 0.25) is 5.91 Å². The number of carboxylic acids is 1. The van der Waals surface area contributed by atoms with E-state index in [9.17, 15) is 24.3 Å². The normalized spacial score (nSPS) is 21.2. The Hall–Kier alpha value is -3.01. The zero-order valence-corrected chi connectivity index (χ0v) is 19.2. The number of nitrogens with zero attached hydrogens (tertiary/aromatic N) is 1. The molecule has 0 radical (unpaired) electrons. The van der Waals surface area contributed by atoms with E-state index in [4.69, 9.17) is 4.74 Å². The molecule has 0 saturated carbocycles. The number of rotatable bonds is 6. The van der Waals surface area contributed by atoms with Gasteiger partial charge in [-0.25, -0.2) is 9.59 Å². The minimum Gasteiger partial charge on any atom is -0.477 e. The molecule has 10 heteroatoms. The number of thioether (sulfide) groups is 1. The van der Waals surface area contributed by atoms with Crippen molar-refractivity contribution in [2.45, 2.75) is 57.2 Å². The van der Waals surface area contributed by atoms with Crippen molar-refractivity contribution in [3.8, 4) is 0 Å². The second-order valence-electron chi connectivity index (χ2n) is 8.50. The number of carboxylic acid groups (broad SMARTS) is 1. The predicted molar refractivity (Wildman–Crippen MR) is 119 cm³/mol. The summed E-state index contributed by atoms with van der Waals surface area (Å²) >= 11 is 1.41. The molecule has 2 heterocycles. The molecule has 172 valence electrons. The van der Waals surface area contributed by atoms with Gasteiger partial charge in [-0.1, -0.05) is 37.3 Å². The summed E-state index contributed by atoms with van der Waals surface area (Å²) in [5.41, 5.74) is 0.459. The third kappa shape index (κ3) is 4.90. The van der Waals surface area contributed by atoms with E-state index >= 15 is 0 Å². The van der Waals surface area contributed by atoms with Crippen molar-refractivity contribution in [3.05, 3.63) is 47.2 Å². The number of nitrogens with one attached hydrogen (secondary N) is 2. The highest BCUT2D eigenvalue weighted by molar-refractivity contribution is 8.00. The van der Waals surface area contributed by atoms with E-state index in [1.54, 1.807) is 51.1 Å². The van der Waals surface area contributed by atoms with E-state index in [2.05, 4.69) is 10.6 Å². The predicted octanol–water partition coefficient (Wildman–Crippen LogP) is 2.40. The Bertz CT molecular complexity index is 956. The third-order valence-electron chi connectivity index (χ3n) is 5.03. The number of hydrogen-bond acceptors (Lipinski definition) is 6. The average Bonchev–Trinajstić information content (AvgIpc) is 2.73. The Morgan fingerprint density at radius 1 is 1.25 bits per heavy atom. The lowest BCUT2D eigenvalue weighted by Crippen LogP contribution is -2.71. The Kier molecular flexibility index (Phi) is 6.82. The Morgan fingerprint density at radius 2 is 1.91 bits per heavy atom. The van der Waals surface area contributed by atoms with Crippen molar-refractivity contribution in [2.75, 3.05) is 5.75 Å². The minimum absolute atomic E-state index is 0.00163. The van der Waals surface area contributed by atoms with E-state index in [-0.39, 0.29) is 5.70 Å². The topological polar surface area (TPSA) is 125 Å². The lowest BCUT2D eigenvalue weighted by molar-refractivity contribution is -0.151. The number of carbonyl (C=O) groups is 4. The number of ether oxygens (including phenoxy) is 1. The molecule has 0 aliphatic carbocycles. The Morgan fingerprint density at radius 3 is 2.47 bits per heavy atom. The molecule has 1 fully saturated rings. The number of carbonyl (C=O) groups excluding carboxylic acids is 3. The number of amides is 3. The fourth-order valence-electron chi connectivity index (χ4n) is 3.56. The molecule has 32 heavy (non-hydrogen) atoms. The number of β-lactam (4-membered cyclic amide) rings is 1. The molecule has 3 amide bonds. The molecule has 1 aromatic rings. The second kappa shape index (κ2) is 9.23.